The van der Waals surface area contributed by atoms with Gasteiger partial charge in [-0.1, -0.05) is 13.8 Å². The molecule has 2 N–H and O–H groups in total. The van der Waals surface area contributed by atoms with Crippen molar-refractivity contribution in [1.29, 1.82) is 0 Å². The lowest BCUT2D eigenvalue weighted by molar-refractivity contribution is 0.288. The summed E-state index contributed by atoms with van der Waals surface area (Å²) in [5.74, 6) is 1.67. The fourth-order valence-corrected chi connectivity index (χ4v) is 2.92. The second-order valence-corrected chi connectivity index (χ2v) is 6.47. The van der Waals surface area contributed by atoms with Crippen molar-refractivity contribution >= 4 is 5.82 Å². The molecule has 1 saturated heterocycles. The minimum atomic E-state index is -0.0765. The van der Waals surface area contributed by atoms with Gasteiger partial charge >= 0.3 is 0 Å². The Hall–Kier alpha value is -1.36. The predicted octanol–water partition coefficient (Wildman–Crippen LogP) is 0.827. The van der Waals surface area contributed by atoms with Crippen LogP contribution in [-0.2, 0) is 6.54 Å². The third-order valence-corrected chi connectivity index (χ3v) is 4.12. The summed E-state index contributed by atoms with van der Waals surface area (Å²) in [6, 6.07) is 0. The maximum Gasteiger partial charge on any atom is 0.293 e. The van der Waals surface area contributed by atoms with Crippen molar-refractivity contribution in [3.05, 3.63) is 22.7 Å². The standard InChI is InChI=1S/C14H22N4O/c1-10(2)7-17-6-5-16-12(13(17)19)18-8-14(15,9-18)11-3-4-11/h5-6,10-11H,3-4,7-9,15H2,1-2H3. The van der Waals surface area contributed by atoms with E-state index >= 15 is 0 Å². The maximum atomic E-state index is 12.4. The molecule has 0 bridgehead atoms. The topological polar surface area (TPSA) is 64.2 Å². The van der Waals surface area contributed by atoms with Crippen LogP contribution >= 0.6 is 0 Å². The summed E-state index contributed by atoms with van der Waals surface area (Å²) in [7, 11) is 0. The average molecular weight is 262 g/mol. The first-order chi connectivity index (χ1) is 8.99. The molecule has 0 spiro atoms. The zero-order valence-corrected chi connectivity index (χ0v) is 11.7. The van der Waals surface area contributed by atoms with Gasteiger partial charge in [-0.05, 0) is 24.7 Å². The van der Waals surface area contributed by atoms with Crippen molar-refractivity contribution in [2.75, 3.05) is 18.0 Å². The fraction of sp³-hybridized carbons (Fsp3) is 0.714. The van der Waals surface area contributed by atoms with E-state index in [0.717, 1.165) is 19.6 Å². The largest absolute Gasteiger partial charge is 0.348 e. The summed E-state index contributed by atoms with van der Waals surface area (Å²) in [4.78, 5) is 18.6. The molecule has 0 amide bonds. The van der Waals surface area contributed by atoms with Gasteiger partial charge in [0.1, 0.15) is 0 Å². The monoisotopic (exact) mass is 262 g/mol. The molecule has 1 saturated carbocycles. The van der Waals surface area contributed by atoms with Crippen LogP contribution in [0, 0.1) is 11.8 Å². The van der Waals surface area contributed by atoms with Crippen LogP contribution in [0.5, 0.6) is 0 Å². The zero-order valence-electron chi connectivity index (χ0n) is 11.7. The van der Waals surface area contributed by atoms with E-state index in [1.54, 1.807) is 17.0 Å². The molecule has 2 fully saturated rings. The molecule has 0 atom stereocenters. The lowest BCUT2D eigenvalue weighted by Gasteiger charge is -2.48. The summed E-state index contributed by atoms with van der Waals surface area (Å²) in [5, 5.41) is 0. The van der Waals surface area contributed by atoms with E-state index < -0.39 is 0 Å². The van der Waals surface area contributed by atoms with E-state index in [1.165, 1.54) is 12.8 Å². The zero-order chi connectivity index (χ0) is 13.6. The Morgan fingerprint density at radius 2 is 2.16 bits per heavy atom. The lowest BCUT2D eigenvalue weighted by atomic mass is 9.86. The normalized spacial score (nSPS) is 21.6. The van der Waals surface area contributed by atoms with Gasteiger partial charge in [-0.25, -0.2) is 4.98 Å². The third-order valence-electron chi connectivity index (χ3n) is 4.12. The van der Waals surface area contributed by atoms with E-state index in [1.807, 2.05) is 4.90 Å². The SMILES string of the molecule is CC(C)Cn1ccnc(N2CC(N)(C3CC3)C2)c1=O. The summed E-state index contributed by atoms with van der Waals surface area (Å²) in [6.07, 6.45) is 5.96. The van der Waals surface area contributed by atoms with Crippen LogP contribution in [0.3, 0.4) is 0 Å². The van der Waals surface area contributed by atoms with E-state index in [0.29, 0.717) is 17.7 Å². The van der Waals surface area contributed by atoms with Gasteiger partial charge in [-0.3, -0.25) is 4.79 Å². The van der Waals surface area contributed by atoms with E-state index in [2.05, 4.69) is 18.8 Å². The molecule has 19 heavy (non-hydrogen) atoms. The Labute approximate surface area is 113 Å². The highest BCUT2D eigenvalue weighted by molar-refractivity contribution is 5.43. The third kappa shape index (κ3) is 2.27. The summed E-state index contributed by atoms with van der Waals surface area (Å²) < 4.78 is 1.75. The van der Waals surface area contributed by atoms with Crippen LogP contribution in [0.15, 0.2) is 17.2 Å². The molecule has 0 unspecified atom stereocenters. The van der Waals surface area contributed by atoms with Gasteiger partial charge in [-0.2, -0.15) is 0 Å². The van der Waals surface area contributed by atoms with Gasteiger partial charge in [0.2, 0.25) is 0 Å². The van der Waals surface area contributed by atoms with Crippen molar-refractivity contribution in [1.82, 2.24) is 9.55 Å². The minimum Gasteiger partial charge on any atom is -0.348 e. The molecule has 2 aliphatic rings. The number of aromatic nitrogens is 2. The summed E-state index contributed by atoms with van der Waals surface area (Å²) in [5.41, 5.74) is 6.26. The molecule has 1 aromatic rings. The molecule has 0 aromatic carbocycles. The van der Waals surface area contributed by atoms with Crippen molar-refractivity contribution in [2.24, 2.45) is 17.6 Å². The Bertz CT molecular complexity index is 526. The second kappa shape index (κ2) is 4.34. The Balaban J connectivity index is 1.77. The fourth-order valence-electron chi connectivity index (χ4n) is 2.92. The van der Waals surface area contributed by atoms with Crippen LogP contribution in [0.25, 0.3) is 0 Å². The van der Waals surface area contributed by atoms with E-state index in [9.17, 15) is 4.79 Å². The highest BCUT2D eigenvalue weighted by atomic mass is 16.1. The quantitative estimate of drug-likeness (QED) is 0.873. The molecule has 1 aliphatic heterocycles. The van der Waals surface area contributed by atoms with Crippen LogP contribution in [0.4, 0.5) is 5.82 Å². The molecule has 1 aromatic heterocycles. The Morgan fingerprint density at radius 1 is 1.47 bits per heavy atom. The number of hydrogen-bond acceptors (Lipinski definition) is 4. The highest BCUT2D eigenvalue weighted by Gasteiger charge is 2.51. The first kappa shape index (κ1) is 12.7. The van der Waals surface area contributed by atoms with Gasteiger partial charge in [0.15, 0.2) is 5.82 Å². The van der Waals surface area contributed by atoms with Crippen LogP contribution in [0.2, 0.25) is 0 Å². The lowest BCUT2D eigenvalue weighted by Crippen LogP contribution is -2.69. The van der Waals surface area contributed by atoms with Gasteiger partial charge in [-0.15, -0.1) is 0 Å². The average Bonchev–Trinajstić information content (AvgIpc) is 3.12. The second-order valence-electron chi connectivity index (χ2n) is 6.47. The molecule has 5 nitrogen and oxygen atoms in total. The molecule has 3 rings (SSSR count). The smallest absolute Gasteiger partial charge is 0.293 e. The molecule has 1 aliphatic carbocycles. The molecule has 2 heterocycles. The van der Waals surface area contributed by atoms with Crippen LogP contribution in [0.1, 0.15) is 26.7 Å². The first-order valence-electron chi connectivity index (χ1n) is 7.09. The van der Waals surface area contributed by atoms with Gasteiger partial charge in [0, 0.05) is 32.0 Å². The minimum absolute atomic E-state index is 0.00838. The number of anilines is 1. The number of hydrogen-bond donors (Lipinski definition) is 1. The summed E-state index contributed by atoms with van der Waals surface area (Å²) in [6.45, 7) is 6.48. The Morgan fingerprint density at radius 3 is 2.74 bits per heavy atom. The molecule has 104 valence electrons. The van der Waals surface area contributed by atoms with Gasteiger partial charge in [0.25, 0.3) is 5.56 Å². The molecular formula is C14H22N4O. The first-order valence-corrected chi connectivity index (χ1v) is 7.09. The number of rotatable bonds is 4. The molecular weight excluding hydrogens is 240 g/mol. The Kier molecular flexibility index (Phi) is 2.89. The molecule has 5 heteroatoms. The molecule has 0 radical (unpaired) electrons. The summed E-state index contributed by atoms with van der Waals surface area (Å²) >= 11 is 0. The highest BCUT2D eigenvalue weighted by Crippen LogP contribution is 2.43. The predicted molar refractivity (Wildman–Crippen MR) is 75.2 cm³/mol. The van der Waals surface area contributed by atoms with E-state index in [4.69, 9.17) is 5.73 Å². The maximum absolute atomic E-state index is 12.4. The van der Waals surface area contributed by atoms with Gasteiger partial charge in [0.05, 0.1) is 5.54 Å². The number of nitrogens with zero attached hydrogens (tertiary/aromatic N) is 3. The van der Waals surface area contributed by atoms with Crippen molar-refractivity contribution < 1.29 is 0 Å². The van der Waals surface area contributed by atoms with Crippen molar-refractivity contribution in [2.45, 2.75) is 38.8 Å². The van der Waals surface area contributed by atoms with Crippen molar-refractivity contribution in [3.63, 3.8) is 0 Å². The van der Waals surface area contributed by atoms with E-state index in [-0.39, 0.29) is 11.1 Å². The van der Waals surface area contributed by atoms with Crippen molar-refractivity contribution in [3.8, 4) is 0 Å². The van der Waals surface area contributed by atoms with Crippen LogP contribution in [-0.4, -0.2) is 28.2 Å². The number of nitrogens with two attached hydrogens (primary N) is 1. The van der Waals surface area contributed by atoms with Gasteiger partial charge < -0.3 is 15.2 Å². The van der Waals surface area contributed by atoms with Crippen LogP contribution < -0.4 is 16.2 Å².